The fourth-order valence-corrected chi connectivity index (χ4v) is 4.41. The van der Waals surface area contributed by atoms with Crippen LogP contribution in [0.5, 0.6) is 0 Å². The average molecular weight is 373 g/mol. The molecule has 1 aliphatic rings. The first kappa shape index (κ1) is 18.5. The van der Waals surface area contributed by atoms with Crippen molar-refractivity contribution in [3.05, 3.63) is 53.7 Å². The number of hydrogen-bond donors (Lipinski definition) is 1. The summed E-state index contributed by atoms with van der Waals surface area (Å²) in [7, 11) is -1.71. The molecular formula is C19H23N3O3S. The molecule has 0 atom stereocenters. The first-order chi connectivity index (χ1) is 12.4. The van der Waals surface area contributed by atoms with Crippen LogP contribution in [0.3, 0.4) is 0 Å². The van der Waals surface area contributed by atoms with Gasteiger partial charge < -0.3 is 4.90 Å². The van der Waals surface area contributed by atoms with E-state index < -0.39 is 10.0 Å². The number of benzene rings is 1. The molecule has 2 aromatic rings. The van der Waals surface area contributed by atoms with E-state index in [2.05, 4.69) is 14.6 Å². The van der Waals surface area contributed by atoms with Crippen LogP contribution in [0.15, 0.2) is 47.4 Å². The molecule has 1 aliphatic heterocycles. The van der Waals surface area contributed by atoms with Gasteiger partial charge in [-0.25, -0.2) is 13.4 Å². The van der Waals surface area contributed by atoms with Crippen LogP contribution in [0.25, 0.3) is 0 Å². The molecule has 1 aromatic carbocycles. The van der Waals surface area contributed by atoms with Gasteiger partial charge in [0.1, 0.15) is 11.5 Å². The van der Waals surface area contributed by atoms with E-state index in [1.165, 1.54) is 0 Å². The maximum Gasteiger partial charge on any atom is 0.263 e. The van der Waals surface area contributed by atoms with Crippen molar-refractivity contribution < 1.29 is 13.2 Å². The van der Waals surface area contributed by atoms with Crippen molar-refractivity contribution in [2.75, 3.05) is 24.9 Å². The highest BCUT2D eigenvalue weighted by molar-refractivity contribution is 7.92. The summed E-state index contributed by atoms with van der Waals surface area (Å²) in [6.45, 7) is 3.51. The lowest BCUT2D eigenvalue weighted by Gasteiger charge is -2.27. The molecule has 0 saturated carbocycles. The van der Waals surface area contributed by atoms with Crippen LogP contribution in [-0.4, -0.2) is 44.2 Å². The van der Waals surface area contributed by atoms with E-state index in [0.29, 0.717) is 11.3 Å². The van der Waals surface area contributed by atoms with E-state index in [4.69, 9.17) is 0 Å². The zero-order valence-electron chi connectivity index (χ0n) is 15.0. The number of aryl methyl sites for hydroxylation is 1. The normalized spacial score (nSPS) is 16.4. The minimum atomic E-state index is -3.75. The highest BCUT2D eigenvalue weighted by atomic mass is 32.2. The van der Waals surface area contributed by atoms with E-state index in [1.807, 2.05) is 7.05 Å². The third-order valence-corrected chi connectivity index (χ3v) is 6.23. The number of anilines is 1. The van der Waals surface area contributed by atoms with Crippen molar-refractivity contribution in [3.8, 4) is 0 Å². The topological polar surface area (TPSA) is 79.4 Å². The van der Waals surface area contributed by atoms with Crippen molar-refractivity contribution >= 4 is 21.6 Å². The maximum atomic E-state index is 12.7. The van der Waals surface area contributed by atoms with E-state index in [-0.39, 0.29) is 22.4 Å². The van der Waals surface area contributed by atoms with Gasteiger partial charge in [-0.2, -0.15) is 0 Å². The van der Waals surface area contributed by atoms with Gasteiger partial charge in [-0.3, -0.25) is 9.52 Å². The van der Waals surface area contributed by atoms with Gasteiger partial charge in [0, 0.05) is 5.92 Å². The first-order valence-corrected chi connectivity index (χ1v) is 10.1. The van der Waals surface area contributed by atoms with E-state index in [0.717, 1.165) is 25.9 Å². The summed E-state index contributed by atoms with van der Waals surface area (Å²) >= 11 is 0. The number of Topliss-reactive ketones (excluding diaryl/α,β-unsaturated/α-hetero) is 1. The molecule has 0 amide bonds. The van der Waals surface area contributed by atoms with Gasteiger partial charge in [0.2, 0.25) is 0 Å². The van der Waals surface area contributed by atoms with Crippen LogP contribution < -0.4 is 4.72 Å². The molecule has 1 N–H and O–H groups in total. The molecule has 1 aromatic heterocycles. The predicted octanol–water partition coefficient (Wildman–Crippen LogP) is 2.72. The van der Waals surface area contributed by atoms with Crippen molar-refractivity contribution in [1.29, 1.82) is 0 Å². The number of piperidine rings is 1. The Hall–Kier alpha value is -2.25. The molecule has 1 saturated heterocycles. The zero-order chi connectivity index (χ0) is 18.7. The van der Waals surface area contributed by atoms with Crippen LogP contribution in [0.2, 0.25) is 0 Å². The van der Waals surface area contributed by atoms with Gasteiger partial charge in [0.15, 0.2) is 5.78 Å². The highest BCUT2D eigenvalue weighted by Gasteiger charge is 2.25. The average Bonchev–Trinajstić information content (AvgIpc) is 2.62. The number of nitrogens with one attached hydrogen (secondary N) is 1. The van der Waals surface area contributed by atoms with Crippen LogP contribution in [0, 0.1) is 12.8 Å². The fraction of sp³-hybridized carbons (Fsp3) is 0.368. The number of aromatic nitrogens is 1. The third-order valence-electron chi connectivity index (χ3n) is 4.71. The lowest BCUT2D eigenvalue weighted by Crippen LogP contribution is -2.33. The second kappa shape index (κ2) is 7.55. The molecule has 26 heavy (non-hydrogen) atoms. The third kappa shape index (κ3) is 4.11. The van der Waals surface area contributed by atoms with E-state index in [1.54, 1.807) is 49.4 Å². The molecule has 2 heterocycles. The number of sulfonamides is 1. The number of rotatable bonds is 5. The lowest BCUT2D eigenvalue weighted by atomic mass is 9.91. The van der Waals surface area contributed by atoms with Crippen LogP contribution >= 0.6 is 0 Å². The summed E-state index contributed by atoms with van der Waals surface area (Å²) in [5.74, 6) is 0.0870. The summed E-state index contributed by atoms with van der Waals surface area (Å²) in [5.41, 5.74) is 0.961. The van der Waals surface area contributed by atoms with Crippen molar-refractivity contribution in [2.24, 2.45) is 5.92 Å². The van der Waals surface area contributed by atoms with Crippen molar-refractivity contribution in [3.63, 3.8) is 0 Å². The maximum absolute atomic E-state index is 12.7. The molecule has 0 radical (unpaired) electrons. The van der Waals surface area contributed by atoms with Crippen LogP contribution in [0.1, 0.15) is 28.9 Å². The van der Waals surface area contributed by atoms with Gasteiger partial charge in [-0.1, -0.05) is 24.3 Å². The fourth-order valence-electron chi connectivity index (χ4n) is 3.16. The van der Waals surface area contributed by atoms with Crippen LogP contribution in [-0.2, 0) is 10.0 Å². The molecule has 0 spiro atoms. The molecular weight excluding hydrogens is 350 g/mol. The van der Waals surface area contributed by atoms with Gasteiger partial charge in [-0.15, -0.1) is 0 Å². The monoisotopic (exact) mass is 373 g/mol. The largest absolute Gasteiger partial charge is 0.306 e. The molecule has 3 rings (SSSR count). The number of pyridine rings is 1. The van der Waals surface area contributed by atoms with Gasteiger partial charge in [0.05, 0.1) is 4.90 Å². The van der Waals surface area contributed by atoms with Crippen molar-refractivity contribution in [1.82, 2.24) is 9.88 Å². The number of carbonyl (C=O) groups is 1. The summed E-state index contributed by atoms with van der Waals surface area (Å²) in [4.78, 5) is 19.3. The standard InChI is InChI=1S/C19H23N3O3S/c1-14-6-3-4-8-17(14)26(24,25)21-18-9-5-7-16(20-18)19(23)15-10-12-22(2)13-11-15/h3-9,15H,10-13H2,1-2H3,(H,20,21). The lowest BCUT2D eigenvalue weighted by molar-refractivity contribution is 0.0851. The van der Waals surface area contributed by atoms with Gasteiger partial charge >= 0.3 is 0 Å². The second-order valence-corrected chi connectivity index (χ2v) is 8.37. The summed E-state index contributed by atoms with van der Waals surface area (Å²) < 4.78 is 27.7. The quantitative estimate of drug-likeness (QED) is 0.815. The first-order valence-electron chi connectivity index (χ1n) is 8.65. The minimum absolute atomic E-state index is 0.0185. The number of ketones is 1. The molecule has 0 aliphatic carbocycles. The van der Waals surface area contributed by atoms with E-state index in [9.17, 15) is 13.2 Å². The molecule has 6 nitrogen and oxygen atoms in total. The second-order valence-electron chi connectivity index (χ2n) is 6.72. The molecule has 1 fully saturated rings. The Morgan fingerprint density at radius 2 is 1.81 bits per heavy atom. The molecule has 138 valence electrons. The Morgan fingerprint density at radius 3 is 2.50 bits per heavy atom. The molecule has 0 unspecified atom stereocenters. The number of hydrogen-bond acceptors (Lipinski definition) is 5. The van der Waals surface area contributed by atoms with Crippen molar-refractivity contribution in [2.45, 2.75) is 24.7 Å². The molecule has 7 heteroatoms. The Balaban J connectivity index is 1.79. The van der Waals surface area contributed by atoms with Gasteiger partial charge in [-0.05, 0) is 63.7 Å². The summed E-state index contributed by atoms with van der Waals surface area (Å²) in [5, 5.41) is 0. The predicted molar refractivity (Wildman–Crippen MR) is 101 cm³/mol. The highest BCUT2D eigenvalue weighted by Crippen LogP contribution is 2.22. The Kier molecular flexibility index (Phi) is 5.38. The Morgan fingerprint density at radius 1 is 1.12 bits per heavy atom. The SMILES string of the molecule is Cc1ccccc1S(=O)(=O)Nc1cccc(C(=O)C2CCN(C)CC2)n1. The summed E-state index contributed by atoms with van der Waals surface area (Å²) in [6.07, 6.45) is 1.60. The number of likely N-dealkylation sites (tertiary alicyclic amines) is 1. The number of nitrogens with zero attached hydrogens (tertiary/aromatic N) is 2. The Bertz CT molecular complexity index is 904. The molecule has 0 bridgehead atoms. The smallest absolute Gasteiger partial charge is 0.263 e. The van der Waals surface area contributed by atoms with E-state index >= 15 is 0 Å². The Labute approximate surface area is 154 Å². The number of carbonyl (C=O) groups excluding carboxylic acids is 1. The zero-order valence-corrected chi connectivity index (χ0v) is 15.8. The van der Waals surface area contributed by atoms with Crippen LogP contribution in [0.4, 0.5) is 5.82 Å². The minimum Gasteiger partial charge on any atom is -0.306 e. The van der Waals surface area contributed by atoms with Gasteiger partial charge in [0.25, 0.3) is 10.0 Å². The summed E-state index contributed by atoms with van der Waals surface area (Å²) in [6, 6.07) is 11.6.